The van der Waals surface area contributed by atoms with Gasteiger partial charge >= 0.3 is 0 Å². The van der Waals surface area contributed by atoms with Crippen LogP contribution in [0.1, 0.15) is 18.5 Å². The first-order valence-corrected chi connectivity index (χ1v) is 8.07. The van der Waals surface area contributed by atoms with Crippen LogP contribution in [-0.4, -0.2) is 40.2 Å². The number of aromatic nitrogens is 3. The van der Waals surface area contributed by atoms with Crippen molar-refractivity contribution in [3.63, 3.8) is 0 Å². The highest BCUT2D eigenvalue weighted by Gasteiger charge is 2.24. The number of rotatable bonds is 5. The molecule has 1 fully saturated rings. The number of carbonyl (C=O) groups is 2. The Bertz CT molecular complexity index is 739. The van der Waals surface area contributed by atoms with Crippen molar-refractivity contribution in [2.75, 3.05) is 23.9 Å². The largest absolute Gasteiger partial charge is 0.481 e. The van der Waals surface area contributed by atoms with Gasteiger partial charge in [-0.25, -0.2) is 9.67 Å². The standard InChI is InChI=1S/C14H17N5O3S/c1-18-13(22-2)7-10(17-18)16-11(20)6-9-8-23-14(15-9)19-5-3-4-12(19)21/h7-8H,3-6H2,1-2H3,(H,16,17,20). The fourth-order valence-corrected chi connectivity index (χ4v) is 3.27. The van der Waals surface area contributed by atoms with E-state index in [9.17, 15) is 9.59 Å². The van der Waals surface area contributed by atoms with Gasteiger partial charge in [0.1, 0.15) is 0 Å². The molecule has 0 bridgehead atoms. The van der Waals surface area contributed by atoms with Crippen LogP contribution < -0.4 is 15.0 Å². The maximum atomic E-state index is 12.1. The SMILES string of the molecule is COc1cc(NC(=O)Cc2csc(N3CCCC3=O)n2)nn1C. The van der Waals surface area contributed by atoms with E-state index < -0.39 is 0 Å². The molecule has 122 valence electrons. The molecule has 8 nitrogen and oxygen atoms in total. The molecule has 9 heteroatoms. The van der Waals surface area contributed by atoms with Crippen LogP contribution in [0.4, 0.5) is 10.9 Å². The molecule has 0 unspecified atom stereocenters. The molecule has 23 heavy (non-hydrogen) atoms. The lowest BCUT2D eigenvalue weighted by atomic mass is 10.3. The normalized spacial score (nSPS) is 14.3. The lowest BCUT2D eigenvalue weighted by Crippen LogP contribution is -2.23. The van der Waals surface area contributed by atoms with E-state index >= 15 is 0 Å². The summed E-state index contributed by atoms with van der Waals surface area (Å²) in [6, 6.07) is 1.65. The number of anilines is 2. The third-order valence-corrected chi connectivity index (χ3v) is 4.41. The van der Waals surface area contributed by atoms with Crippen molar-refractivity contribution in [3.8, 4) is 5.88 Å². The van der Waals surface area contributed by atoms with Crippen LogP contribution in [0, 0.1) is 0 Å². The number of carbonyl (C=O) groups excluding carboxylic acids is 2. The summed E-state index contributed by atoms with van der Waals surface area (Å²) in [4.78, 5) is 29.8. The van der Waals surface area contributed by atoms with Crippen LogP contribution in [0.15, 0.2) is 11.4 Å². The summed E-state index contributed by atoms with van der Waals surface area (Å²) in [5, 5.41) is 9.30. The molecule has 1 N–H and O–H groups in total. The molecular weight excluding hydrogens is 318 g/mol. The Labute approximate surface area is 137 Å². The highest BCUT2D eigenvalue weighted by atomic mass is 32.1. The van der Waals surface area contributed by atoms with Gasteiger partial charge in [0.2, 0.25) is 17.7 Å². The average Bonchev–Trinajstić information content (AvgIpc) is 3.19. The molecule has 3 rings (SSSR count). The van der Waals surface area contributed by atoms with Crippen molar-refractivity contribution in [2.45, 2.75) is 19.3 Å². The van der Waals surface area contributed by atoms with Gasteiger partial charge in [0.05, 0.1) is 19.2 Å². The number of ether oxygens (including phenoxy) is 1. The summed E-state index contributed by atoms with van der Waals surface area (Å²) in [5.74, 6) is 0.870. The zero-order valence-corrected chi connectivity index (χ0v) is 13.7. The molecule has 1 aliphatic rings. The quantitative estimate of drug-likeness (QED) is 0.886. The van der Waals surface area contributed by atoms with E-state index in [0.717, 1.165) is 6.42 Å². The summed E-state index contributed by atoms with van der Waals surface area (Å²) in [6.07, 6.45) is 1.56. The number of hydrogen-bond donors (Lipinski definition) is 1. The van der Waals surface area contributed by atoms with Crippen molar-refractivity contribution < 1.29 is 14.3 Å². The van der Waals surface area contributed by atoms with Crippen molar-refractivity contribution in [2.24, 2.45) is 7.05 Å². The van der Waals surface area contributed by atoms with E-state index in [1.165, 1.54) is 16.0 Å². The molecule has 2 amide bonds. The number of thiazole rings is 1. The molecular formula is C14H17N5O3S. The highest BCUT2D eigenvalue weighted by Crippen LogP contribution is 2.25. The fraction of sp³-hybridized carbons (Fsp3) is 0.429. The summed E-state index contributed by atoms with van der Waals surface area (Å²) < 4.78 is 6.63. The molecule has 2 aromatic heterocycles. The van der Waals surface area contributed by atoms with Gasteiger partial charge in [0.15, 0.2) is 10.9 Å². The van der Waals surface area contributed by atoms with Crippen molar-refractivity contribution >= 4 is 34.1 Å². The van der Waals surface area contributed by atoms with Crippen LogP contribution in [-0.2, 0) is 23.1 Å². The van der Waals surface area contributed by atoms with Crippen LogP contribution in [0.2, 0.25) is 0 Å². The number of hydrogen-bond acceptors (Lipinski definition) is 6. The second-order valence-electron chi connectivity index (χ2n) is 5.19. The minimum atomic E-state index is -0.213. The van der Waals surface area contributed by atoms with Gasteiger partial charge in [0.25, 0.3) is 0 Å². The van der Waals surface area contributed by atoms with Gasteiger partial charge in [0, 0.05) is 31.5 Å². The fourth-order valence-electron chi connectivity index (χ4n) is 2.41. The highest BCUT2D eigenvalue weighted by molar-refractivity contribution is 7.14. The monoisotopic (exact) mass is 335 g/mol. The van der Waals surface area contributed by atoms with E-state index in [1.54, 1.807) is 30.5 Å². The molecule has 0 saturated carbocycles. The lowest BCUT2D eigenvalue weighted by Gasteiger charge is -2.10. The summed E-state index contributed by atoms with van der Waals surface area (Å²) in [7, 11) is 3.27. The first kappa shape index (κ1) is 15.5. The Hall–Kier alpha value is -2.42. The Morgan fingerprint density at radius 2 is 2.35 bits per heavy atom. The average molecular weight is 335 g/mol. The first-order chi connectivity index (χ1) is 11.1. The van der Waals surface area contributed by atoms with Gasteiger partial charge in [-0.1, -0.05) is 0 Å². The van der Waals surface area contributed by atoms with Crippen molar-refractivity contribution in [1.29, 1.82) is 0 Å². The first-order valence-electron chi connectivity index (χ1n) is 7.19. The topological polar surface area (TPSA) is 89.3 Å². The number of nitrogens with zero attached hydrogens (tertiary/aromatic N) is 4. The molecule has 0 spiro atoms. The Kier molecular flexibility index (Phi) is 4.28. The third kappa shape index (κ3) is 3.34. The molecule has 0 radical (unpaired) electrons. The second-order valence-corrected chi connectivity index (χ2v) is 6.03. The van der Waals surface area contributed by atoms with Crippen LogP contribution in [0.25, 0.3) is 0 Å². The predicted molar refractivity (Wildman–Crippen MR) is 85.8 cm³/mol. The summed E-state index contributed by atoms with van der Waals surface area (Å²) in [5.41, 5.74) is 0.644. The van der Waals surface area contributed by atoms with Gasteiger partial charge in [-0.05, 0) is 6.42 Å². The molecule has 0 aromatic carbocycles. The number of amides is 2. The van der Waals surface area contributed by atoms with Crippen LogP contribution in [0.3, 0.4) is 0 Å². The van der Waals surface area contributed by atoms with Crippen LogP contribution >= 0.6 is 11.3 Å². The van der Waals surface area contributed by atoms with Crippen molar-refractivity contribution in [1.82, 2.24) is 14.8 Å². The molecule has 2 aromatic rings. The van der Waals surface area contributed by atoms with Gasteiger partial charge < -0.3 is 10.1 Å². The second kappa shape index (κ2) is 6.37. The third-order valence-electron chi connectivity index (χ3n) is 3.50. The Balaban J connectivity index is 1.61. The molecule has 1 saturated heterocycles. The van der Waals surface area contributed by atoms with E-state index in [-0.39, 0.29) is 18.2 Å². The van der Waals surface area contributed by atoms with Gasteiger partial charge in [-0.15, -0.1) is 11.3 Å². The minimum Gasteiger partial charge on any atom is -0.481 e. The zero-order valence-electron chi connectivity index (χ0n) is 12.9. The van der Waals surface area contributed by atoms with E-state index in [2.05, 4.69) is 15.4 Å². The summed E-state index contributed by atoms with van der Waals surface area (Å²) >= 11 is 1.38. The molecule has 0 aliphatic carbocycles. The predicted octanol–water partition coefficient (Wildman–Crippen LogP) is 1.19. The Morgan fingerprint density at radius 3 is 3.00 bits per heavy atom. The minimum absolute atomic E-state index is 0.0935. The Morgan fingerprint density at radius 1 is 1.52 bits per heavy atom. The zero-order chi connectivity index (χ0) is 16.4. The number of aryl methyl sites for hydroxylation is 1. The number of nitrogens with one attached hydrogen (secondary N) is 1. The molecule has 0 atom stereocenters. The molecule has 3 heterocycles. The van der Waals surface area contributed by atoms with Crippen LogP contribution in [0.5, 0.6) is 5.88 Å². The van der Waals surface area contributed by atoms with Gasteiger partial charge in [-0.2, -0.15) is 5.10 Å². The lowest BCUT2D eigenvalue weighted by molar-refractivity contribution is -0.117. The van der Waals surface area contributed by atoms with E-state index in [0.29, 0.717) is 35.5 Å². The smallest absolute Gasteiger partial charge is 0.231 e. The maximum Gasteiger partial charge on any atom is 0.231 e. The van der Waals surface area contributed by atoms with E-state index in [4.69, 9.17) is 4.74 Å². The summed E-state index contributed by atoms with van der Waals surface area (Å²) in [6.45, 7) is 0.700. The molecule has 1 aliphatic heterocycles. The number of methoxy groups -OCH3 is 1. The van der Waals surface area contributed by atoms with Gasteiger partial charge in [-0.3, -0.25) is 14.5 Å². The van der Waals surface area contributed by atoms with Crippen molar-refractivity contribution in [3.05, 3.63) is 17.1 Å². The van der Waals surface area contributed by atoms with E-state index in [1.807, 2.05) is 0 Å². The maximum absolute atomic E-state index is 12.1.